The molecule has 19 heavy (non-hydrogen) atoms. The molecule has 0 saturated carbocycles. The van der Waals surface area contributed by atoms with Gasteiger partial charge in [-0.1, -0.05) is 12.1 Å². The van der Waals surface area contributed by atoms with Crippen LogP contribution in [0.1, 0.15) is 11.5 Å². The SMILES string of the molecule is CNc1nc2n(n1)CC(c1cccc(OC)c1)CN2. The molecule has 2 heterocycles. The maximum absolute atomic E-state index is 5.27. The van der Waals surface area contributed by atoms with Gasteiger partial charge in [0.1, 0.15) is 5.75 Å². The zero-order chi connectivity index (χ0) is 13.2. The number of hydrogen-bond donors (Lipinski definition) is 2. The van der Waals surface area contributed by atoms with Crippen LogP contribution in [0.3, 0.4) is 0 Å². The minimum atomic E-state index is 0.369. The Balaban J connectivity index is 1.84. The zero-order valence-electron chi connectivity index (χ0n) is 11.1. The summed E-state index contributed by atoms with van der Waals surface area (Å²) in [5.41, 5.74) is 1.25. The number of fused-ring (bicyclic) bond motifs is 1. The van der Waals surface area contributed by atoms with E-state index in [2.05, 4.69) is 32.8 Å². The van der Waals surface area contributed by atoms with Crippen LogP contribution < -0.4 is 15.4 Å². The molecule has 0 fully saturated rings. The van der Waals surface area contributed by atoms with Crippen molar-refractivity contribution >= 4 is 11.9 Å². The second-order valence-corrected chi connectivity index (χ2v) is 4.55. The Kier molecular flexibility index (Phi) is 2.98. The quantitative estimate of drug-likeness (QED) is 0.875. The first-order valence-corrected chi connectivity index (χ1v) is 6.30. The fourth-order valence-corrected chi connectivity index (χ4v) is 2.31. The van der Waals surface area contributed by atoms with Gasteiger partial charge < -0.3 is 15.4 Å². The molecule has 1 unspecified atom stereocenters. The molecule has 1 atom stereocenters. The predicted molar refractivity (Wildman–Crippen MR) is 73.8 cm³/mol. The van der Waals surface area contributed by atoms with Gasteiger partial charge in [0.2, 0.25) is 11.9 Å². The van der Waals surface area contributed by atoms with E-state index < -0.39 is 0 Å². The third-order valence-corrected chi connectivity index (χ3v) is 3.36. The van der Waals surface area contributed by atoms with Gasteiger partial charge in [0.25, 0.3) is 0 Å². The van der Waals surface area contributed by atoms with Gasteiger partial charge in [0, 0.05) is 19.5 Å². The minimum absolute atomic E-state index is 0.369. The van der Waals surface area contributed by atoms with E-state index in [1.54, 1.807) is 7.11 Å². The number of hydrogen-bond acceptors (Lipinski definition) is 5. The molecule has 3 rings (SSSR count). The monoisotopic (exact) mass is 259 g/mol. The molecule has 100 valence electrons. The van der Waals surface area contributed by atoms with Crippen LogP contribution in [0.15, 0.2) is 24.3 Å². The highest BCUT2D eigenvalue weighted by Crippen LogP contribution is 2.27. The van der Waals surface area contributed by atoms with Crippen molar-refractivity contribution in [1.29, 1.82) is 0 Å². The Morgan fingerprint density at radius 3 is 3.16 bits per heavy atom. The lowest BCUT2D eigenvalue weighted by molar-refractivity contribution is 0.413. The van der Waals surface area contributed by atoms with Crippen molar-refractivity contribution in [3.8, 4) is 5.75 Å². The molecule has 2 aromatic rings. The molecule has 0 amide bonds. The van der Waals surface area contributed by atoms with Gasteiger partial charge >= 0.3 is 0 Å². The molecule has 0 saturated heterocycles. The summed E-state index contributed by atoms with van der Waals surface area (Å²) in [6, 6.07) is 8.17. The summed E-state index contributed by atoms with van der Waals surface area (Å²) in [5, 5.41) is 10.7. The Hall–Kier alpha value is -2.24. The molecule has 1 aliphatic heterocycles. The molecule has 1 aromatic carbocycles. The molecule has 0 aliphatic carbocycles. The van der Waals surface area contributed by atoms with E-state index in [0.29, 0.717) is 11.9 Å². The summed E-state index contributed by atoms with van der Waals surface area (Å²) in [5.74, 6) is 2.73. The van der Waals surface area contributed by atoms with Crippen molar-refractivity contribution in [3.05, 3.63) is 29.8 Å². The average Bonchev–Trinajstić information content (AvgIpc) is 2.89. The molecule has 2 N–H and O–H groups in total. The summed E-state index contributed by atoms with van der Waals surface area (Å²) in [4.78, 5) is 4.34. The fourth-order valence-electron chi connectivity index (χ4n) is 2.31. The molecular formula is C13H17N5O. The summed E-state index contributed by atoms with van der Waals surface area (Å²) in [7, 11) is 3.51. The number of benzene rings is 1. The Labute approximate surface area is 111 Å². The number of ether oxygens (including phenoxy) is 1. The number of anilines is 2. The number of aromatic nitrogens is 3. The Morgan fingerprint density at radius 2 is 2.37 bits per heavy atom. The molecule has 6 nitrogen and oxygen atoms in total. The van der Waals surface area contributed by atoms with Crippen LogP contribution >= 0.6 is 0 Å². The van der Waals surface area contributed by atoms with E-state index >= 15 is 0 Å². The minimum Gasteiger partial charge on any atom is -0.497 e. The number of nitrogens with one attached hydrogen (secondary N) is 2. The van der Waals surface area contributed by atoms with Gasteiger partial charge in [0.05, 0.1) is 13.7 Å². The van der Waals surface area contributed by atoms with Crippen molar-refractivity contribution in [2.45, 2.75) is 12.5 Å². The summed E-state index contributed by atoms with van der Waals surface area (Å²) < 4.78 is 7.17. The Bertz CT molecular complexity index is 580. The van der Waals surface area contributed by atoms with Gasteiger partial charge in [-0.2, -0.15) is 4.98 Å². The summed E-state index contributed by atoms with van der Waals surface area (Å²) in [6.45, 7) is 1.68. The molecule has 1 aromatic heterocycles. The third-order valence-electron chi connectivity index (χ3n) is 3.36. The molecule has 0 bridgehead atoms. The van der Waals surface area contributed by atoms with Gasteiger partial charge in [-0.15, -0.1) is 5.10 Å². The van der Waals surface area contributed by atoms with Gasteiger partial charge in [-0.25, -0.2) is 4.68 Å². The van der Waals surface area contributed by atoms with Crippen molar-refractivity contribution in [2.24, 2.45) is 0 Å². The highest BCUT2D eigenvalue weighted by Gasteiger charge is 2.22. The summed E-state index contributed by atoms with van der Waals surface area (Å²) >= 11 is 0. The lowest BCUT2D eigenvalue weighted by Crippen LogP contribution is -2.26. The maximum atomic E-state index is 5.27. The third kappa shape index (κ3) is 2.21. The van der Waals surface area contributed by atoms with Crippen molar-refractivity contribution < 1.29 is 4.74 Å². The van der Waals surface area contributed by atoms with Crippen LogP contribution in [0, 0.1) is 0 Å². The summed E-state index contributed by atoms with van der Waals surface area (Å²) in [6.07, 6.45) is 0. The number of rotatable bonds is 3. The highest BCUT2D eigenvalue weighted by molar-refractivity contribution is 5.39. The van der Waals surface area contributed by atoms with Crippen LogP contribution in [0.5, 0.6) is 5.75 Å². The molecule has 1 aliphatic rings. The van der Waals surface area contributed by atoms with E-state index in [-0.39, 0.29) is 0 Å². The largest absolute Gasteiger partial charge is 0.497 e. The average molecular weight is 259 g/mol. The highest BCUT2D eigenvalue weighted by atomic mass is 16.5. The van der Waals surface area contributed by atoms with Crippen molar-refractivity contribution in [2.75, 3.05) is 31.3 Å². The number of nitrogens with zero attached hydrogens (tertiary/aromatic N) is 3. The molecular weight excluding hydrogens is 242 g/mol. The Morgan fingerprint density at radius 1 is 1.47 bits per heavy atom. The smallest absolute Gasteiger partial charge is 0.243 e. The van der Waals surface area contributed by atoms with Gasteiger partial charge in [0.15, 0.2) is 0 Å². The van der Waals surface area contributed by atoms with Crippen LogP contribution in [-0.2, 0) is 6.54 Å². The zero-order valence-corrected chi connectivity index (χ0v) is 11.1. The van der Waals surface area contributed by atoms with Gasteiger partial charge in [-0.05, 0) is 17.7 Å². The van der Waals surface area contributed by atoms with Crippen LogP contribution in [0.2, 0.25) is 0 Å². The second kappa shape index (κ2) is 4.79. The van der Waals surface area contributed by atoms with E-state index in [0.717, 1.165) is 24.8 Å². The van der Waals surface area contributed by atoms with E-state index in [9.17, 15) is 0 Å². The van der Waals surface area contributed by atoms with E-state index in [1.807, 2.05) is 23.9 Å². The fraction of sp³-hybridized carbons (Fsp3) is 0.385. The van der Waals surface area contributed by atoms with Crippen LogP contribution in [0.4, 0.5) is 11.9 Å². The standard InChI is InChI=1S/C13H17N5O/c1-14-12-16-13-15-7-10(8-18(13)17-12)9-4-3-5-11(6-9)19-2/h3-6,10H,7-8H2,1-2H3,(H2,14,15,16,17). The topological polar surface area (TPSA) is 64.0 Å². The van der Waals surface area contributed by atoms with E-state index in [1.165, 1.54) is 5.56 Å². The second-order valence-electron chi connectivity index (χ2n) is 4.55. The molecule has 0 radical (unpaired) electrons. The number of methoxy groups -OCH3 is 1. The maximum Gasteiger partial charge on any atom is 0.243 e. The van der Waals surface area contributed by atoms with Gasteiger partial charge in [-0.3, -0.25) is 0 Å². The molecule has 6 heteroatoms. The van der Waals surface area contributed by atoms with Crippen molar-refractivity contribution in [3.63, 3.8) is 0 Å². The first-order chi connectivity index (χ1) is 9.30. The van der Waals surface area contributed by atoms with Crippen LogP contribution in [0.25, 0.3) is 0 Å². The first kappa shape index (κ1) is 11.8. The lowest BCUT2D eigenvalue weighted by atomic mass is 9.98. The normalized spacial score (nSPS) is 17.5. The van der Waals surface area contributed by atoms with Crippen LogP contribution in [-0.4, -0.2) is 35.5 Å². The van der Waals surface area contributed by atoms with E-state index in [4.69, 9.17) is 4.74 Å². The van der Waals surface area contributed by atoms with Crippen molar-refractivity contribution in [1.82, 2.24) is 14.8 Å². The first-order valence-electron chi connectivity index (χ1n) is 6.30. The lowest BCUT2D eigenvalue weighted by Gasteiger charge is -2.24. The molecule has 0 spiro atoms. The predicted octanol–water partition coefficient (Wildman–Crippen LogP) is 1.54.